The highest BCUT2D eigenvalue weighted by Crippen LogP contribution is 2.23. The lowest BCUT2D eigenvalue weighted by molar-refractivity contribution is 0.238. The summed E-state index contributed by atoms with van der Waals surface area (Å²) in [5.74, 6) is 0. The fourth-order valence-electron chi connectivity index (χ4n) is 8.24. The first-order valence-corrected chi connectivity index (χ1v) is 30.1. The lowest BCUT2D eigenvalue weighted by atomic mass is 10.2. The molecule has 5 rings (SSSR count). The maximum Gasteiger partial charge on any atom is 0.243 e. The smallest absolute Gasteiger partial charge is 0.243 e. The van der Waals surface area contributed by atoms with Crippen molar-refractivity contribution < 1.29 is 33.7 Å². The Balaban J connectivity index is 1.28. The van der Waals surface area contributed by atoms with Gasteiger partial charge in [0.1, 0.15) is 0 Å². The number of aryl methyl sites for hydroxylation is 4. The van der Waals surface area contributed by atoms with E-state index in [0.29, 0.717) is 58.2 Å². The number of hydrogen-bond acceptors (Lipinski definition) is 9. The average molecular weight is 1040 g/mol. The van der Waals surface area contributed by atoms with Crippen LogP contribution in [-0.2, 0) is 46.6 Å². The number of hydrogen-bond donors (Lipinski definition) is 0. The van der Waals surface area contributed by atoms with Crippen molar-refractivity contribution in [3.63, 3.8) is 0 Å². The third-order valence-corrected chi connectivity index (χ3v) is 20.3. The van der Waals surface area contributed by atoms with Crippen LogP contribution in [0, 0.1) is 27.7 Å². The van der Waals surface area contributed by atoms with E-state index in [1.807, 2.05) is 58.0 Å². The van der Waals surface area contributed by atoms with Gasteiger partial charge in [0.25, 0.3) is 0 Å². The maximum atomic E-state index is 14.2. The third-order valence-electron chi connectivity index (χ3n) is 12.5. The number of unbranched alkanes of at least 4 members (excludes halogenated alkanes) is 2. The summed E-state index contributed by atoms with van der Waals surface area (Å²) in [6.45, 7) is 14.8. The van der Waals surface area contributed by atoms with E-state index in [9.17, 15) is 33.7 Å². The van der Waals surface area contributed by atoms with E-state index in [2.05, 4.69) is 4.90 Å². The summed E-state index contributed by atoms with van der Waals surface area (Å²) in [7, 11) is -15.2. The highest BCUT2D eigenvalue weighted by atomic mass is 32.2. The summed E-state index contributed by atoms with van der Waals surface area (Å²) in [6, 6.07) is 37.1. The van der Waals surface area contributed by atoms with Crippen LogP contribution in [0.4, 0.5) is 0 Å². The first-order chi connectivity index (χ1) is 33.3. The topological polar surface area (TPSA) is 153 Å². The first kappa shape index (κ1) is 56.6. The zero-order valence-electron chi connectivity index (χ0n) is 41.8. The Bertz CT molecular complexity index is 2660. The Morgan fingerprint density at radius 1 is 0.314 bits per heavy atom. The summed E-state index contributed by atoms with van der Waals surface area (Å²) in [4.78, 5) is 3.08. The fraction of sp³-hybridized carbons (Fsp3) is 0.434. The van der Waals surface area contributed by atoms with Crippen LogP contribution in [0.25, 0.3) is 0 Å². The summed E-state index contributed by atoms with van der Waals surface area (Å²) in [5.41, 5.74) is 4.87. The van der Waals surface area contributed by atoms with E-state index in [4.69, 9.17) is 0 Å². The van der Waals surface area contributed by atoms with Gasteiger partial charge in [0.2, 0.25) is 40.1 Å². The summed E-state index contributed by atoms with van der Waals surface area (Å²) in [6.07, 6.45) is 2.80. The van der Waals surface area contributed by atoms with E-state index in [1.54, 1.807) is 111 Å². The molecule has 5 aromatic carbocycles. The van der Waals surface area contributed by atoms with Gasteiger partial charge >= 0.3 is 0 Å². The van der Waals surface area contributed by atoms with Gasteiger partial charge < -0.3 is 0 Å². The maximum absolute atomic E-state index is 14.2. The molecule has 13 nitrogen and oxygen atoms in total. The molecule has 0 aliphatic heterocycles. The third kappa shape index (κ3) is 15.8. The van der Waals surface area contributed by atoms with Gasteiger partial charge in [0, 0.05) is 58.9 Å². The molecule has 70 heavy (non-hydrogen) atoms. The molecule has 0 unspecified atom stereocenters. The molecule has 0 N–H and O–H groups in total. The van der Waals surface area contributed by atoms with Gasteiger partial charge in [-0.1, -0.05) is 115 Å². The van der Waals surface area contributed by atoms with Gasteiger partial charge in [0.15, 0.2) is 0 Å². The molecule has 0 atom stereocenters. The molecule has 382 valence electrons. The molecule has 0 amide bonds. The Labute approximate surface area is 420 Å². The molecular formula is C53H73N5O8S4. The molecule has 0 heterocycles. The van der Waals surface area contributed by atoms with Crippen LogP contribution in [0.2, 0.25) is 0 Å². The molecular weight excluding hydrogens is 963 g/mol. The highest BCUT2D eigenvalue weighted by Gasteiger charge is 2.28. The number of benzene rings is 5. The molecule has 0 fully saturated rings. The van der Waals surface area contributed by atoms with E-state index in [1.165, 1.54) is 17.2 Å². The van der Waals surface area contributed by atoms with Gasteiger partial charge in [-0.05, 0) is 133 Å². The van der Waals surface area contributed by atoms with Crippen molar-refractivity contribution in [3.8, 4) is 0 Å². The minimum atomic E-state index is -3.90. The van der Waals surface area contributed by atoms with Crippen molar-refractivity contribution in [1.29, 1.82) is 0 Å². The number of nitrogens with zero attached hydrogens (tertiary/aromatic N) is 5. The SMILES string of the molecule is CCN(CCCCN(CCCN(CCCN(CCCCN(CC)S(=O)(=O)c1ccc(C)cc1)S(=O)(=O)c1ccc(C)cc1)Cc1ccccc1)S(=O)(=O)c1ccc(C)cc1)S(=O)(=O)c1ccc(C)cc1. The second-order valence-corrected chi connectivity index (χ2v) is 25.7. The van der Waals surface area contributed by atoms with Crippen molar-refractivity contribution in [2.45, 2.75) is 106 Å². The summed E-state index contributed by atoms with van der Waals surface area (Å²) < 4.78 is 117. The number of sulfonamides is 4. The van der Waals surface area contributed by atoms with Crippen LogP contribution >= 0.6 is 0 Å². The van der Waals surface area contributed by atoms with Crippen LogP contribution in [0.1, 0.15) is 80.2 Å². The van der Waals surface area contributed by atoms with Crippen LogP contribution in [0.15, 0.2) is 147 Å². The molecule has 0 spiro atoms. The van der Waals surface area contributed by atoms with Crippen molar-refractivity contribution in [2.75, 3.05) is 65.4 Å². The van der Waals surface area contributed by atoms with Crippen LogP contribution in [0.3, 0.4) is 0 Å². The van der Waals surface area contributed by atoms with Gasteiger partial charge in [-0.2, -0.15) is 17.2 Å². The van der Waals surface area contributed by atoms with Crippen molar-refractivity contribution in [3.05, 3.63) is 155 Å². The zero-order chi connectivity index (χ0) is 51.0. The van der Waals surface area contributed by atoms with E-state index in [-0.39, 0.29) is 71.9 Å². The summed E-state index contributed by atoms with van der Waals surface area (Å²) in [5, 5.41) is 0. The van der Waals surface area contributed by atoms with Crippen molar-refractivity contribution in [1.82, 2.24) is 22.1 Å². The molecule has 5 aromatic rings. The first-order valence-electron chi connectivity index (χ1n) is 24.3. The largest absolute Gasteiger partial charge is 0.299 e. The molecule has 0 aliphatic rings. The van der Waals surface area contributed by atoms with E-state index >= 15 is 0 Å². The van der Waals surface area contributed by atoms with Crippen molar-refractivity contribution in [2.24, 2.45) is 0 Å². The van der Waals surface area contributed by atoms with E-state index < -0.39 is 40.1 Å². The van der Waals surface area contributed by atoms with Gasteiger partial charge in [-0.25, -0.2) is 33.7 Å². The fourth-order valence-corrected chi connectivity index (χ4v) is 14.3. The predicted octanol–water partition coefficient (Wildman–Crippen LogP) is 8.87. The molecule has 0 aliphatic carbocycles. The van der Waals surface area contributed by atoms with Crippen LogP contribution in [-0.4, -0.2) is 121 Å². The second kappa shape index (κ2) is 26.4. The molecule has 0 bridgehead atoms. The van der Waals surface area contributed by atoms with Gasteiger partial charge in [-0.15, -0.1) is 0 Å². The molecule has 0 aromatic heterocycles. The standard InChI is InChI=1S/C53H73N5O8S4/c1-7-55(67(59,60)50-28-20-45(3)21-29-50)38-12-14-40-57(69(63,64)52-32-24-47(5)25-33-52)42-16-36-54(44-49-18-10-9-11-19-49)37-17-43-58(70(65,66)53-34-26-48(6)27-35-53)41-15-13-39-56(8-2)68(61,62)51-30-22-46(4)23-31-51/h9-11,18-35H,7-8,12-17,36-44H2,1-6H3. The minimum Gasteiger partial charge on any atom is -0.299 e. The zero-order valence-corrected chi connectivity index (χ0v) is 45.0. The van der Waals surface area contributed by atoms with Gasteiger partial charge in [-0.3, -0.25) is 4.90 Å². The predicted molar refractivity (Wildman–Crippen MR) is 281 cm³/mol. The molecule has 0 radical (unpaired) electrons. The molecule has 17 heteroatoms. The van der Waals surface area contributed by atoms with Crippen LogP contribution < -0.4 is 0 Å². The highest BCUT2D eigenvalue weighted by molar-refractivity contribution is 7.90. The lowest BCUT2D eigenvalue weighted by Gasteiger charge is -2.28. The Morgan fingerprint density at radius 3 is 0.857 bits per heavy atom. The molecule has 0 saturated carbocycles. The summed E-state index contributed by atoms with van der Waals surface area (Å²) >= 11 is 0. The monoisotopic (exact) mass is 1040 g/mol. The Hall–Kier alpha value is -4.30. The minimum absolute atomic E-state index is 0.196. The quantitative estimate of drug-likeness (QED) is 0.0411. The van der Waals surface area contributed by atoms with E-state index in [0.717, 1.165) is 27.8 Å². The molecule has 0 saturated heterocycles. The van der Waals surface area contributed by atoms with Crippen molar-refractivity contribution >= 4 is 40.1 Å². The second-order valence-electron chi connectivity index (χ2n) is 17.9. The van der Waals surface area contributed by atoms with Gasteiger partial charge in [0.05, 0.1) is 19.6 Å². The Kier molecular flexibility index (Phi) is 21.4. The average Bonchev–Trinajstić information content (AvgIpc) is 3.33. The van der Waals surface area contributed by atoms with Crippen LogP contribution in [0.5, 0.6) is 0 Å². The lowest BCUT2D eigenvalue weighted by Crippen LogP contribution is -2.37. The normalized spacial score (nSPS) is 12.8. The number of rotatable bonds is 30. The Morgan fingerprint density at radius 2 is 0.571 bits per heavy atom.